The van der Waals surface area contributed by atoms with Crippen molar-refractivity contribution < 1.29 is 41.0 Å². The molecule has 2 aromatic carbocycles. The zero-order chi connectivity index (χ0) is 29.9. The van der Waals surface area contributed by atoms with Crippen molar-refractivity contribution in [3.63, 3.8) is 0 Å². The van der Waals surface area contributed by atoms with Crippen LogP contribution >= 0.6 is 10.2 Å². The molecule has 1 N–H and O–H groups in total. The van der Waals surface area contributed by atoms with Gasteiger partial charge in [-0.3, -0.25) is 0 Å². The molecule has 0 unspecified atom stereocenters. The van der Waals surface area contributed by atoms with Gasteiger partial charge >= 0.3 is 16.4 Å². The van der Waals surface area contributed by atoms with E-state index in [2.05, 4.69) is 10.3 Å². The molecule has 0 aliphatic heterocycles. The van der Waals surface area contributed by atoms with Gasteiger partial charge in [0.1, 0.15) is 10.5 Å². The largest absolute Gasteiger partial charge is 0.420 e. The number of nitrogens with one attached hydrogen (secondary N) is 1. The van der Waals surface area contributed by atoms with Gasteiger partial charge in [-0.2, -0.15) is 13.2 Å². The van der Waals surface area contributed by atoms with Gasteiger partial charge in [-0.15, -0.1) is 0 Å². The second-order valence-corrected chi connectivity index (χ2v) is 14.6. The van der Waals surface area contributed by atoms with Crippen LogP contribution in [0.15, 0.2) is 83.0 Å². The first-order valence-corrected chi connectivity index (χ1v) is 15.8. The minimum Gasteiger partial charge on any atom is -0.382 e. The van der Waals surface area contributed by atoms with E-state index in [4.69, 9.17) is 0 Å². The third-order valence-electron chi connectivity index (χ3n) is 7.09. The van der Waals surface area contributed by atoms with Gasteiger partial charge in [0.2, 0.25) is 0 Å². The fraction of sp³-hybridized carbons (Fsp3) is 0.269. The lowest BCUT2D eigenvalue weighted by molar-refractivity contribution is -0.136. The number of halogens is 8. The summed E-state index contributed by atoms with van der Waals surface area (Å²) >= 11 is 0. The number of aromatic nitrogens is 2. The van der Waals surface area contributed by atoms with E-state index in [9.17, 15) is 41.0 Å². The Labute approximate surface area is 229 Å². The van der Waals surface area contributed by atoms with Gasteiger partial charge in [0, 0.05) is 30.3 Å². The van der Waals surface area contributed by atoms with Crippen molar-refractivity contribution in [2.75, 3.05) is 5.32 Å². The molecule has 0 atom stereocenters. The first-order chi connectivity index (χ1) is 18.8. The monoisotopic (exact) mass is 625 g/mol. The van der Waals surface area contributed by atoms with Crippen LogP contribution in [0.2, 0.25) is 0 Å². The smallest absolute Gasteiger partial charge is 0.382 e. The summed E-state index contributed by atoms with van der Waals surface area (Å²) in [6.07, 6.45) is 0.706. The lowest BCUT2D eigenvalue weighted by Crippen LogP contribution is -2.32. The van der Waals surface area contributed by atoms with Crippen molar-refractivity contribution in [2.45, 2.75) is 52.9 Å². The second kappa shape index (κ2) is 9.08. The number of benzene rings is 2. The zero-order valence-electron chi connectivity index (χ0n) is 21.0. The number of hydrogen-bond acceptors (Lipinski definition) is 4. The number of anilines is 1. The van der Waals surface area contributed by atoms with E-state index in [1.54, 1.807) is 0 Å². The first kappa shape index (κ1) is 29.2. The van der Waals surface area contributed by atoms with E-state index in [0.29, 0.717) is 30.5 Å². The topological polar surface area (TPSA) is 63.5 Å². The van der Waals surface area contributed by atoms with Gasteiger partial charge in [0.15, 0.2) is 9.84 Å². The minimum absolute atomic E-state index is 0.0176. The average molecular weight is 626 g/mol. The highest BCUT2D eigenvalue weighted by atomic mass is 32.5. The number of sulfone groups is 1. The number of pyridine rings is 1. The van der Waals surface area contributed by atoms with Crippen molar-refractivity contribution in [1.29, 1.82) is 0 Å². The highest BCUT2D eigenvalue weighted by molar-refractivity contribution is 8.45. The Hall–Kier alpha value is -3.33. The van der Waals surface area contributed by atoms with Crippen LogP contribution in [0.3, 0.4) is 0 Å². The fourth-order valence-electron chi connectivity index (χ4n) is 4.99. The van der Waals surface area contributed by atoms with E-state index in [1.807, 2.05) is 0 Å². The summed E-state index contributed by atoms with van der Waals surface area (Å²) in [6.45, 7) is 0. The van der Waals surface area contributed by atoms with Crippen LogP contribution in [0.4, 0.5) is 38.3 Å². The van der Waals surface area contributed by atoms with Crippen molar-refractivity contribution >= 4 is 31.4 Å². The van der Waals surface area contributed by atoms with E-state index >= 15 is 0 Å². The molecule has 41 heavy (non-hydrogen) atoms. The molecule has 0 saturated heterocycles. The Morgan fingerprint density at radius 1 is 0.854 bits per heavy atom. The molecule has 1 aliphatic rings. The Bertz CT molecular complexity index is 1690. The standard InChI is InChI=1S/C26H23F8N3O2S2/c27-26(28,29)24-15-18(16-37-14-13-35-25(24)37)17-1-7-21(8-2-17)40(38,39)22-9-3-19(4-10-22)36-20-5-11-23(12-6-20)41(30,31,32,33)34/h1-2,5-8,11-16,19,22,36H,3-4,9-10H2. The van der Waals surface area contributed by atoms with E-state index in [1.165, 1.54) is 47.3 Å². The second-order valence-electron chi connectivity index (χ2n) is 9.98. The molecule has 0 amide bonds. The molecule has 2 aromatic heterocycles. The predicted molar refractivity (Wildman–Crippen MR) is 140 cm³/mol. The fourth-order valence-corrected chi connectivity index (χ4v) is 7.43. The average Bonchev–Trinajstić information content (AvgIpc) is 3.36. The quantitative estimate of drug-likeness (QED) is 0.218. The maximum Gasteiger partial charge on any atom is 0.420 e. The zero-order valence-corrected chi connectivity index (χ0v) is 22.6. The number of rotatable bonds is 6. The lowest BCUT2D eigenvalue weighted by atomic mass is 9.95. The van der Waals surface area contributed by atoms with Crippen molar-refractivity contribution in [3.8, 4) is 11.1 Å². The number of nitrogens with zero attached hydrogens (tertiary/aromatic N) is 2. The molecular formula is C26H23F8N3O2S2. The third kappa shape index (κ3) is 6.15. The van der Waals surface area contributed by atoms with Crippen molar-refractivity contribution in [1.82, 2.24) is 9.38 Å². The molecule has 0 spiro atoms. The summed E-state index contributed by atoms with van der Waals surface area (Å²) in [6, 6.07) is 8.74. The summed E-state index contributed by atoms with van der Waals surface area (Å²) < 4.78 is 133. The van der Waals surface area contributed by atoms with Crippen molar-refractivity contribution in [3.05, 3.63) is 78.8 Å². The van der Waals surface area contributed by atoms with Crippen molar-refractivity contribution in [2.24, 2.45) is 0 Å². The highest BCUT2D eigenvalue weighted by Crippen LogP contribution is 3.02. The van der Waals surface area contributed by atoms with Gasteiger partial charge in [-0.1, -0.05) is 31.6 Å². The van der Waals surface area contributed by atoms with Gasteiger partial charge in [-0.05, 0) is 79.3 Å². The van der Waals surface area contributed by atoms with Crippen LogP contribution in [0.5, 0.6) is 0 Å². The number of hydrogen-bond donors (Lipinski definition) is 1. The van der Waals surface area contributed by atoms with Crippen LogP contribution < -0.4 is 5.32 Å². The minimum atomic E-state index is -9.77. The lowest BCUT2D eigenvalue weighted by Gasteiger charge is -2.40. The summed E-state index contributed by atoms with van der Waals surface area (Å²) in [5.74, 6) is 0. The molecule has 5 rings (SSSR count). The third-order valence-corrected chi connectivity index (χ3v) is 10.5. The van der Waals surface area contributed by atoms with Crippen LogP contribution in [0, 0.1) is 0 Å². The molecule has 15 heteroatoms. The highest BCUT2D eigenvalue weighted by Gasteiger charge is 2.65. The molecule has 1 saturated carbocycles. The Morgan fingerprint density at radius 3 is 2.02 bits per heavy atom. The Balaban J connectivity index is 1.26. The Morgan fingerprint density at radius 2 is 1.46 bits per heavy atom. The van der Waals surface area contributed by atoms with Crippen LogP contribution in [-0.4, -0.2) is 29.1 Å². The van der Waals surface area contributed by atoms with Crippen LogP contribution in [-0.2, 0) is 16.0 Å². The molecule has 222 valence electrons. The molecule has 0 radical (unpaired) electrons. The molecule has 4 aromatic rings. The van der Waals surface area contributed by atoms with Crippen LogP contribution in [0.25, 0.3) is 16.8 Å². The molecular weight excluding hydrogens is 602 g/mol. The summed E-state index contributed by atoms with van der Waals surface area (Å²) in [4.78, 5) is 1.79. The van der Waals surface area contributed by atoms with Gasteiger partial charge in [0.05, 0.1) is 15.7 Å². The maximum absolute atomic E-state index is 13.5. The molecule has 0 bridgehead atoms. The summed E-state index contributed by atoms with van der Waals surface area (Å²) in [5.41, 5.74) is -0.342. The summed E-state index contributed by atoms with van der Waals surface area (Å²) in [5, 5.41) is 2.23. The number of imidazole rings is 1. The number of fused-ring (bicyclic) bond motifs is 1. The maximum atomic E-state index is 13.5. The SMILES string of the molecule is O=S(=O)(c1ccc(-c2cc(C(F)(F)F)c3nccn3c2)cc1)C1CCC(Nc2ccc(S(F)(F)(F)(F)F)cc2)CC1. The molecule has 2 heterocycles. The molecule has 1 fully saturated rings. The van der Waals surface area contributed by atoms with E-state index in [-0.39, 0.29) is 40.7 Å². The van der Waals surface area contributed by atoms with Gasteiger partial charge < -0.3 is 9.72 Å². The van der Waals surface area contributed by atoms with Crippen LogP contribution in [0.1, 0.15) is 31.2 Å². The normalized spacial score (nSPS) is 20.4. The van der Waals surface area contributed by atoms with E-state index < -0.39 is 41.9 Å². The molecule has 1 aliphatic carbocycles. The number of alkyl halides is 3. The summed E-state index contributed by atoms with van der Waals surface area (Å²) in [7, 11) is -13.5. The predicted octanol–water partition coefficient (Wildman–Crippen LogP) is 8.87. The Kier molecular flexibility index (Phi) is 6.46. The van der Waals surface area contributed by atoms with E-state index in [0.717, 1.165) is 18.2 Å². The van der Waals surface area contributed by atoms with Gasteiger partial charge in [-0.25, -0.2) is 13.4 Å². The molecule has 5 nitrogen and oxygen atoms in total. The first-order valence-electron chi connectivity index (χ1n) is 12.3. The van der Waals surface area contributed by atoms with Gasteiger partial charge in [0.25, 0.3) is 0 Å².